The van der Waals surface area contributed by atoms with E-state index in [1.54, 1.807) is 13.0 Å². The summed E-state index contributed by atoms with van der Waals surface area (Å²) in [6, 6.07) is 2.42. The van der Waals surface area contributed by atoms with Gasteiger partial charge in [0.05, 0.1) is 13.1 Å². The molecule has 538 valence electrons. The van der Waals surface area contributed by atoms with Gasteiger partial charge in [0.1, 0.15) is 18.6 Å². The lowest BCUT2D eigenvalue weighted by molar-refractivity contribution is -0.674. The first kappa shape index (κ1) is 89.7. The first-order chi connectivity index (χ1) is 59.5. The van der Waals surface area contributed by atoms with Crippen LogP contribution in [0, 0.1) is 486 Å². The number of nitrogens with one attached hydrogen (secondary N) is 4. The van der Waals surface area contributed by atoms with Gasteiger partial charge in [-0.15, -0.1) is 6.42 Å². The minimum atomic E-state index is -2.56. The maximum absolute atomic E-state index is 13.4. The number of hydrogen-bond donors (Lipinski definition) is 8. The monoisotopic (exact) mass is 1530 g/mol. The molecule has 0 saturated carbocycles. The molecule has 121 heavy (non-hydrogen) atoms. The molecule has 1 spiro atoms. The fourth-order valence-electron chi connectivity index (χ4n) is 9.17. The molecule has 14 nitrogen and oxygen atoms in total. The van der Waals surface area contributed by atoms with E-state index in [1.165, 1.54) is 16.5 Å². The van der Waals surface area contributed by atoms with Crippen LogP contribution in [0.2, 0.25) is 0 Å². The Balaban J connectivity index is 0.000000557. The number of hydrogen-bond acceptors (Lipinski definition) is 9. The van der Waals surface area contributed by atoms with E-state index >= 15 is 0 Å². The summed E-state index contributed by atoms with van der Waals surface area (Å²) in [5.41, 5.74) is 13.4. The summed E-state index contributed by atoms with van der Waals surface area (Å²) in [5, 5.41) is 32.2. The highest BCUT2D eigenvalue weighted by molar-refractivity contribution is 6.02. The summed E-state index contributed by atoms with van der Waals surface area (Å²) < 4.78 is 1.52. The number of aryl methyl sites for hydroxylation is 1. The van der Waals surface area contributed by atoms with Crippen LogP contribution in [0.4, 0.5) is 4.79 Å². The van der Waals surface area contributed by atoms with Gasteiger partial charge in [0, 0.05) is 392 Å². The molecule has 14 heteroatoms. The molecule has 2 fully saturated rings. The van der Waals surface area contributed by atoms with Crippen molar-refractivity contribution >= 4 is 29.8 Å². The van der Waals surface area contributed by atoms with Gasteiger partial charge in [0.2, 0.25) is 5.91 Å². The lowest BCUT2D eigenvalue weighted by Crippen LogP contribution is -2.92. The number of benzene rings is 1. The normalized spacial score (nSPS) is 12.6. The molecule has 1 aromatic rings. The van der Waals surface area contributed by atoms with Gasteiger partial charge in [-0.2, -0.15) is 0 Å². The lowest BCUT2D eigenvalue weighted by atomic mass is 9.84. The van der Waals surface area contributed by atoms with E-state index in [1.807, 2.05) is 12.1 Å². The number of nitrogens with zero attached hydrogens (tertiary/aromatic N) is 3. The predicted octanol–water partition coefficient (Wildman–Crippen LogP) is -4.61. The van der Waals surface area contributed by atoms with Crippen LogP contribution in [0.15, 0.2) is 18.2 Å². The zero-order valence-electron chi connectivity index (χ0n) is 63.1. The van der Waals surface area contributed by atoms with Gasteiger partial charge in [-0.05, 0) is 145 Å². The number of rotatable bonds is 4. The van der Waals surface area contributed by atoms with Crippen LogP contribution in [-0.4, -0.2) is 111 Å². The summed E-state index contributed by atoms with van der Waals surface area (Å²) in [6.07, 6.45) is 8.71. The third-order valence-electron chi connectivity index (χ3n) is 13.6. The highest BCUT2D eigenvalue weighted by atomic mass is 16.5. The number of likely N-dealkylation sites (N-methyl/N-ethyl adjacent to an activating group) is 1. The van der Waals surface area contributed by atoms with Gasteiger partial charge in [-0.25, -0.2) is 14.7 Å². The second-order valence-corrected chi connectivity index (χ2v) is 21.0. The van der Waals surface area contributed by atoms with E-state index in [-0.39, 0.29) is 37.5 Å². The highest BCUT2D eigenvalue weighted by Crippen LogP contribution is 2.38. The molecule has 1 aromatic carbocycles. The molecule has 4 atom stereocenters. The third-order valence-corrected chi connectivity index (χ3v) is 13.6. The Kier molecular flexibility index (Phi) is 42.4. The second-order valence-electron chi connectivity index (χ2n) is 21.0. The second kappa shape index (κ2) is 57.2. The summed E-state index contributed by atoms with van der Waals surface area (Å²) in [6.45, 7) is 1.51. The van der Waals surface area contributed by atoms with Crippen molar-refractivity contribution in [2.24, 2.45) is 11.5 Å². The number of imide groups is 1. The number of terminal acetylenes is 1. The molecule has 5 aliphatic rings. The molecule has 1 aliphatic carbocycles. The van der Waals surface area contributed by atoms with Gasteiger partial charge < -0.3 is 20.4 Å². The zero-order chi connectivity index (χ0) is 86.3. The average Bonchev–Trinajstić information content (AvgIpc) is 1.52. The summed E-state index contributed by atoms with van der Waals surface area (Å²) >= 11 is 0. The zero-order valence-corrected chi connectivity index (χ0v) is 63.1. The van der Waals surface area contributed by atoms with Gasteiger partial charge in [-0.1, -0.05) is 18.1 Å². The number of carbonyl (C=O) groups excluding carboxylic acids is 3. The molecule has 0 radical (unpaired) electrons. The first-order valence-corrected chi connectivity index (χ1v) is 33.6. The van der Waals surface area contributed by atoms with Crippen molar-refractivity contribution in [3.8, 4) is 486 Å². The fourth-order valence-corrected chi connectivity index (χ4v) is 9.17. The van der Waals surface area contributed by atoms with Crippen molar-refractivity contribution in [3.63, 3.8) is 0 Å². The van der Waals surface area contributed by atoms with Crippen LogP contribution in [0.25, 0.3) is 0 Å². The molecule has 2 unspecified atom stereocenters. The standard InChI is InChI=1S/C83H4.C24H31N9O5/c1-3-5-7-9-11-13-15-17-19-21-23-25-27-29-31-33-35-37-39-41-43-45-47-49-51-53-55-57-59-61-63-65-67-69-71-73-75-77-79-81-83-82-80-78-76-74-72-70-68-66-64-62-60-58-56-54-52-50-48-46-44-42-40-38-36-34-32-30-28-26-24-22-20-18-16-14-12-10-8-6-4-2;1-31-11-17(34)32(22(31)36)9-15-18-23(30-20(25)29-18)24(37,38)16(10-33(23)21(26)27-15)28-19(35)14-8-4-6-12-5-2-3-7-13(12)14/h1H,2H3;4,6,8,15-16,18,37-38H,2-3,5,7,9-11H2,1H3,(H6,25,26,27,28,29,30,35)/p+2/t;15-,16?,18-,23?/m.0/s1. The van der Waals surface area contributed by atoms with E-state index in [2.05, 4.69) is 500 Å². The number of fused-ring (bicyclic) bond motifs is 1. The Hall–Kier alpha value is -21.9. The Morgan fingerprint density at radius 3 is 1.01 bits per heavy atom. The van der Waals surface area contributed by atoms with E-state index in [4.69, 9.17) is 17.9 Å². The van der Waals surface area contributed by atoms with Crippen molar-refractivity contribution in [1.29, 1.82) is 0 Å². The minimum absolute atomic E-state index is 0.0396. The largest absolute Gasteiger partial charge is 0.358 e. The van der Waals surface area contributed by atoms with E-state index in [0.717, 1.165) is 41.7 Å². The van der Waals surface area contributed by atoms with Crippen molar-refractivity contribution < 1.29 is 34.2 Å². The number of guanidine groups is 2. The molecule has 4 heterocycles. The van der Waals surface area contributed by atoms with Crippen molar-refractivity contribution in [2.75, 3.05) is 26.7 Å². The van der Waals surface area contributed by atoms with Crippen LogP contribution in [0.3, 0.4) is 0 Å². The fraction of sp³-hybridized carbons (Fsp3) is 0.131. The molecular weight excluding hydrogens is 1490 g/mol. The Morgan fingerprint density at radius 2 is 0.736 bits per heavy atom. The van der Waals surface area contributed by atoms with Gasteiger partial charge in [0.25, 0.3) is 17.4 Å². The number of amides is 4. The molecular formula is C107H37N9O5+2. The third kappa shape index (κ3) is 35.8. The smallest absolute Gasteiger partial charge is 0.347 e. The van der Waals surface area contributed by atoms with Gasteiger partial charge in [0.15, 0.2) is 6.04 Å². The summed E-state index contributed by atoms with van der Waals surface area (Å²) in [5.74, 6) is 199. The number of urea groups is 1. The lowest BCUT2D eigenvalue weighted by Gasteiger charge is -2.41. The van der Waals surface area contributed by atoms with Crippen LogP contribution in [0.5, 0.6) is 0 Å². The molecule has 10 N–H and O–H groups in total. The van der Waals surface area contributed by atoms with E-state index in [9.17, 15) is 24.6 Å². The maximum atomic E-state index is 13.4. The van der Waals surface area contributed by atoms with Crippen molar-refractivity contribution in [3.05, 3.63) is 34.9 Å². The Labute approximate surface area is 706 Å². The Bertz CT molecular complexity index is 7680. The SMILES string of the molecule is C#CC#CC#CC#CC#CC#CC#CC#CC#CC#CC#CC#CC#CC#CC#CC#CC#CC#CC#CC#CC#CC#CC#CC#CC#CC#CC#CC#CC#CC#CC#CC#CC#CC#CC#CC#CC#CC#CC#CC#CC#CC.CN1CC(=O)N(C[C@@H]2NC(N)=[N+]3CC(NC(=O)c4cccc5c4CCCC5)C(O)(O)C34NC(N)=[NH+][C@@H]24)C1=O. The molecule has 4 aliphatic heterocycles. The summed E-state index contributed by atoms with van der Waals surface area (Å²) in [4.78, 5) is 43.8. The quantitative estimate of drug-likeness (QED) is 0.0633. The van der Waals surface area contributed by atoms with E-state index in [0.29, 0.717) is 5.56 Å². The molecule has 0 aromatic heterocycles. The summed E-state index contributed by atoms with van der Waals surface area (Å²) in [7, 11) is 1.53. The topological polar surface area (TPSA) is 203 Å². The predicted molar refractivity (Wildman–Crippen MR) is 458 cm³/mol. The maximum Gasteiger partial charge on any atom is 0.347 e. The van der Waals surface area contributed by atoms with E-state index < -0.39 is 41.5 Å². The minimum Gasteiger partial charge on any atom is -0.358 e. The highest BCUT2D eigenvalue weighted by Gasteiger charge is 2.78. The molecule has 0 bridgehead atoms. The van der Waals surface area contributed by atoms with Crippen molar-refractivity contribution in [2.45, 2.75) is 62.2 Å². The molecule has 4 amide bonds. The van der Waals surface area contributed by atoms with Crippen LogP contribution < -0.4 is 32.4 Å². The van der Waals surface area contributed by atoms with Crippen LogP contribution in [-0.2, 0) is 17.6 Å². The van der Waals surface area contributed by atoms with Crippen LogP contribution >= 0.6 is 0 Å². The van der Waals surface area contributed by atoms with Gasteiger partial charge >= 0.3 is 18.0 Å². The van der Waals surface area contributed by atoms with Crippen LogP contribution in [0.1, 0.15) is 41.3 Å². The van der Waals surface area contributed by atoms with Crippen molar-refractivity contribution in [1.82, 2.24) is 25.8 Å². The molecule has 2 saturated heterocycles. The molecule has 6 rings (SSSR count). The number of carbonyl (C=O) groups is 3. The Morgan fingerprint density at radius 1 is 0.455 bits per heavy atom. The van der Waals surface area contributed by atoms with Gasteiger partial charge in [-0.3, -0.25) is 36.3 Å². The first-order valence-electron chi connectivity index (χ1n) is 33.6. The number of aliphatic hydroxyl groups is 2. The average molecular weight is 1530 g/mol. The number of nitrogens with two attached hydrogens (primary N) is 2.